The maximum Gasteiger partial charge on any atom is 0.253 e. The molecule has 0 heterocycles. The molecule has 2 N–H and O–H groups in total. The normalized spacial score (nSPS) is 10.6. The van der Waals surface area contributed by atoms with Crippen molar-refractivity contribution in [1.29, 1.82) is 0 Å². The number of ether oxygens (including phenoxy) is 3. The second-order valence-electron chi connectivity index (χ2n) is 7.04. The van der Waals surface area contributed by atoms with E-state index >= 15 is 0 Å². The largest absolute Gasteiger partial charge is 0.493 e. The molecule has 0 bridgehead atoms. The summed E-state index contributed by atoms with van der Waals surface area (Å²) in [4.78, 5) is 18.0. The number of hydrogen-bond donors (Lipinski definition) is 2. The van der Waals surface area contributed by atoms with Crippen LogP contribution in [-0.2, 0) is 13.0 Å². The smallest absolute Gasteiger partial charge is 0.253 e. The summed E-state index contributed by atoms with van der Waals surface area (Å²) in [6.45, 7) is 1.21. The molecule has 9 heteroatoms. The summed E-state index contributed by atoms with van der Waals surface area (Å²) in [7, 11) is 9.99. The molecule has 0 spiro atoms. The van der Waals surface area contributed by atoms with Crippen LogP contribution in [0.2, 0.25) is 0 Å². The molecule has 0 aliphatic carbocycles. The van der Waals surface area contributed by atoms with E-state index in [2.05, 4.69) is 15.6 Å². The van der Waals surface area contributed by atoms with E-state index in [1.54, 1.807) is 47.4 Å². The second kappa shape index (κ2) is 13.7. The van der Waals surface area contributed by atoms with Gasteiger partial charge in [0.2, 0.25) is 5.75 Å². The quantitative estimate of drug-likeness (QED) is 0.281. The van der Waals surface area contributed by atoms with E-state index in [4.69, 9.17) is 14.2 Å². The van der Waals surface area contributed by atoms with Crippen molar-refractivity contribution in [3.8, 4) is 17.2 Å². The number of methoxy groups -OCH3 is 3. The first-order chi connectivity index (χ1) is 14.9. The van der Waals surface area contributed by atoms with Crippen molar-refractivity contribution in [2.45, 2.75) is 13.0 Å². The number of aliphatic imine (C=N–C) groups is 1. The van der Waals surface area contributed by atoms with Gasteiger partial charge in [0, 0.05) is 39.8 Å². The van der Waals surface area contributed by atoms with Gasteiger partial charge in [-0.25, -0.2) is 0 Å². The molecular weight excluding hydrogens is 523 g/mol. The van der Waals surface area contributed by atoms with Crippen molar-refractivity contribution in [3.05, 3.63) is 53.1 Å². The highest BCUT2D eigenvalue weighted by atomic mass is 127. The first-order valence-corrected chi connectivity index (χ1v) is 9.97. The first kappa shape index (κ1) is 27.3. The van der Waals surface area contributed by atoms with Crippen LogP contribution in [0.25, 0.3) is 0 Å². The fraction of sp³-hybridized carbons (Fsp3) is 0.391. The first-order valence-electron chi connectivity index (χ1n) is 9.97. The molecule has 0 radical (unpaired) electrons. The molecule has 176 valence electrons. The van der Waals surface area contributed by atoms with Crippen molar-refractivity contribution in [2.24, 2.45) is 4.99 Å². The van der Waals surface area contributed by atoms with E-state index in [0.717, 1.165) is 17.5 Å². The Morgan fingerprint density at radius 3 is 2.16 bits per heavy atom. The summed E-state index contributed by atoms with van der Waals surface area (Å²) in [5.41, 5.74) is 2.74. The summed E-state index contributed by atoms with van der Waals surface area (Å²) in [6.07, 6.45) is 0.763. The Morgan fingerprint density at radius 2 is 1.62 bits per heavy atom. The molecule has 0 saturated carbocycles. The van der Waals surface area contributed by atoms with E-state index in [1.807, 2.05) is 36.4 Å². The lowest BCUT2D eigenvalue weighted by Crippen LogP contribution is -2.37. The number of rotatable bonds is 9. The van der Waals surface area contributed by atoms with Crippen LogP contribution in [0.3, 0.4) is 0 Å². The molecule has 0 unspecified atom stereocenters. The summed E-state index contributed by atoms with van der Waals surface area (Å²) in [5.74, 6) is 2.45. The maximum atomic E-state index is 12.1. The summed E-state index contributed by atoms with van der Waals surface area (Å²) in [6, 6.07) is 11.5. The number of nitrogens with zero attached hydrogens (tertiary/aromatic N) is 2. The average Bonchev–Trinajstić information content (AvgIpc) is 2.79. The van der Waals surface area contributed by atoms with E-state index in [0.29, 0.717) is 41.9 Å². The van der Waals surface area contributed by atoms with Gasteiger partial charge in [0.05, 0.1) is 21.3 Å². The van der Waals surface area contributed by atoms with Crippen LogP contribution in [-0.4, -0.2) is 65.8 Å². The van der Waals surface area contributed by atoms with Crippen LogP contribution in [0.15, 0.2) is 41.4 Å². The Balaban J connectivity index is 0.00000512. The van der Waals surface area contributed by atoms with Crippen molar-refractivity contribution < 1.29 is 19.0 Å². The Labute approximate surface area is 207 Å². The molecule has 0 aromatic heterocycles. The number of guanidine groups is 1. The van der Waals surface area contributed by atoms with Gasteiger partial charge in [-0.3, -0.25) is 9.79 Å². The lowest BCUT2D eigenvalue weighted by Gasteiger charge is -2.16. The Bertz CT molecular complexity index is 894. The number of benzene rings is 2. The van der Waals surface area contributed by atoms with Gasteiger partial charge in [-0.05, 0) is 41.8 Å². The molecule has 1 amide bonds. The molecule has 0 atom stereocenters. The molecule has 0 fully saturated rings. The number of hydrogen-bond acceptors (Lipinski definition) is 5. The lowest BCUT2D eigenvalue weighted by molar-refractivity contribution is 0.0827. The van der Waals surface area contributed by atoms with Gasteiger partial charge < -0.3 is 29.7 Å². The number of nitrogens with one attached hydrogen (secondary N) is 2. The van der Waals surface area contributed by atoms with Crippen molar-refractivity contribution >= 4 is 35.8 Å². The third-order valence-electron chi connectivity index (χ3n) is 4.69. The van der Waals surface area contributed by atoms with Crippen LogP contribution in [0, 0.1) is 0 Å². The topological polar surface area (TPSA) is 84.4 Å². The highest BCUT2D eigenvalue weighted by molar-refractivity contribution is 14.0. The summed E-state index contributed by atoms with van der Waals surface area (Å²) >= 11 is 0. The minimum Gasteiger partial charge on any atom is -0.493 e. The zero-order valence-corrected chi connectivity index (χ0v) is 21.9. The van der Waals surface area contributed by atoms with E-state index in [9.17, 15) is 4.79 Å². The van der Waals surface area contributed by atoms with Crippen LogP contribution in [0.5, 0.6) is 17.2 Å². The van der Waals surface area contributed by atoms with Crippen LogP contribution >= 0.6 is 24.0 Å². The van der Waals surface area contributed by atoms with Crippen LogP contribution < -0.4 is 24.8 Å². The third-order valence-corrected chi connectivity index (χ3v) is 4.69. The van der Waals surface area contributed by atoms with Crippen molar-refractivity contribution in [1.82, 2.24) is 15.5 Å². The molecule has 0 saturated heterocycles. The summed E-state index contributed by atoms with van der Waals surface area (Å²) < 4.78 is 16.2. The van der Waals surface area contributed by atoms with Gasteiger partial charge in [0.25, 0.3) is 5.91 Å². The minimum absolute atomic E-state index is 0. The van der Waals surface area contributed by atoms with Crippen molar-refractivity contribution in [3.63, 3.8) is 0 Å². The number of carbonyl (C=O) groups is 1. The molecule has 32 heavy (non-hydrogen) atoms. The molecule has 0 aliphatic heterocycles. The van der Waals surface area contributed by atoms with E-state index in [1.165, 1.54) is 0 Å². The molecule has 8 nitrogen and oxygen atoms in total. The van der Waals surface area contributed by atoms with Gasteiger partial charge in [-0.1, -0.05) is 12.1 Å². The van der Waals surface area contributed by atoms with Gasteiger partial charge in [-0.15, -0.1) is 24.0 Å². The highest BCUT2D eigenvalue weighted by Gasteiger charge is 2.13. The van der Waals surface area contributed by atoms with E-state index < -0.39 is 0 Å². The Morgan fingerprint density at radius 1 is 0.969 bits per heavy atom. The zero-order chi connectivity index (χ0) is 22.8. The van der Waals surface area contributed by atoms with E-state index in [-0.39, 0.29) is 29.9 Å². The lowest BCUT2D eigenvalue weighted by atomic mass is 10.1. The van der Waals surface area contributed by atoms with Gasteiger partial charge >= 0.3 is 0 Å². The average molecular weight is 556 g/mol. The van der Waals surface area contributed by atoms with Gasteiger partial charge in [0.15, 0.2) is 17.5 Å². The minimum atomic E-state index is -0.00219. The number of amides is 1. The van der Waals surface area contributed by atoms with Gasteiger partial charge in [-0.2, -0.15) is 0 Å². The van der Waals surface area contributed by atoms with Crippen LogP contribution in [0.4, 0.5) is 0 Å². The summed E-state index contributed by atoms with van der Waals surface area (Å²) in [5, 5.41) is 6.58. The monoisotopic (exact) mass is 556 g/mol. The molecule has 0 aliphatic rings. The fourth-order valence-electron chi connectivity index (χ4n) is 3.09. The van der Waals surface area contributed by atoms with Crippen LogP contribution in [0.1, 0.15) is 21.5 Å². The molecule has 2 aromatic rings. The zero-order valence-electron chi connectivity index (χ0n) is 19.5. The second-order valence-corrected chi connectivity index (χ2v) is 7.04. The number of carbonyl (C=O) groups excluding carboxylic acids is 1. The molecular formula is C23H33IN4O4. The predicted molar refractivity (Wildman–Crippen MR) is 138 cm³/mol. The Hall–Kier alpha value is -2.69. The number of halogens is 1. The maximum absolute atomic E-state index is 12.1. The Kier molecular flexibility index (Phi) is 11.7. The van der Waals surface area contributed by atoms with Crippen molar-refractivity contribution in [2.75, 3.05) is 49.0 Å². The SMILES string of the molecule is CN=C(NCCc1cccc(C(=O)N(C)C)c1)NCc1cc(OC)c(OC)c(OC)c1.I. The molecule has 2 aromatic carbocycles. The van der Waals surface area contributed by atoms with Gasteiger partial charge in [0.1, 0.15) is 0 Å². The molecule has 2 rings (SSSR count). The predicted octanol–water partition coefficient (Wildman–Crippen LogP) is 2.94. The standard InChI is InChI=1S/C23H32N4O4.HI/c1-24-23(25-11-10-16-8-7-9-18(12-16)22(28)27(2)3)26-15-17-13-19(29-4)21(31-6)20(14-17)30-5;/h7-9,12-14H,10-11,15H2,1-6H3,(H2,24,25,26);1H. The third kappa shape index (κ3) is 7.47. The highest BCUT2D eigenvalue weighted by Crippen LogP contribution is 2.38. The fourth-order valence-corrected chi connectivity index (χ4v) is 3.09.